The number of nitro benzene ring substituents is 1. The molecule has 1 aliphatic rings. The van der Waals surface area contributed by atoms with Gasteiger partial charge in [-0.15, -0.1) is 0 Å². The number of hydrogen-bond acceptors (Lipinski definition) is 6. The van der Waals surface area contributed by atoms with Gasteiger partial charge in [-0.2, -0.15) is 0 Å². The van der Waals surface area contributed by atoms with Gasteiger partial charge < -0.3 is 4.42 Å². The molecule has 0 atom stereocenters. The zero-order chi connectivity index (χ0) is 22.3. The van der Waals surface area contributed by atoms with Gasteiger partial charge in [0.05, 0.1) is 15.5 Å². The second-order valence-electron chi connectivity index (χ2n) is 6.93. The molecule has 1 aliphatic heterocycles. The van der Waals surface area contributed by atoms with E-state index in [1.165, 1.54) is 28.8 Å². The van der Waals surface area contributed by atoms with Crippen molar-refractivity contribution in [2.45, 2.75) is 13.8 Å². The predicted octanol–water partition coefficient (Wildman–Crippen LogP) is 6.53. The number of thioether (sulfide) groups is 1. The molecule has 0 unspecified atom stereocenters. The summed E-state index contributed by atoms with van der Waals surface area (Å²) in [5, 5.41) is 11.2. The van der Waals surface area contributed by atoms with Crippen molar-refractivity contribution >= 4 is 63.3 Å². The van der Waals surface area contributed by atoms with Gasteiger partial charge in [0.15, 0.2) is 4.32 Å². The van der Waals surface area contributed by atoms with E-state index in [1.54, 1.807) is 24.3 Å². The van der Waals surface area contributed by atoms with Crippen LogP contribution >= 0.6 is 35.6 Å². The van der Waals surface area contributed by atoms with Crippen molar-refractivity contribution in [3.63, 3.8) is 0 Å². The van der Waals surface area contributed by atoms with Crippen molar-refractivity contribution in [3.05, 3.63) is 85.5 Å². The van der Waals surface area contributed by atoms with Gasteiger partial charge in [-0.1, -0.05) is 53.3 Å². The Hall–Kier alpha value is -2.94. The number of halogens is 1. The summed E-state index contributed by atoms with van der Waals surface area (Å²) in [6.07, 6.45) is 1.62. The molecule has 1 saturated heterocycles. The lowest BCUT2D eigenvalue weighted by atomic mass is 10.1. The Morgan fingerprint density at radius 1 is 1.16 bits per heavy atom. The molecule has 4 rings (SSSR count). The lowest BCUT2D eigenvalue weighted by Gasteiger charge is -2.17. The highest BCUT2D eigenvalue weighted by Gasteiger charge is 2.34. The molecule has 1 amide bonds. The minimum Gasteiger partial charge on any atom is -0.457 e. The van der Waals surface area contributed by atoms with E-state index >= 15 is 0 Å². The van der Waals surface area contributed by atoms with E-state index in [9.17, 15) is 14.9 Å². The average Bonchev–Trinajstić information content (AvgIpc) is 3.28. The van der Waals surface area contributed by atoms with Crippen LogP contribution in [-0.4, -0.2) is 15.2 Å². The van der Waals surface area contributed by atoms with Crippen molar-refractivity contribution < 1.29 is 14.1 Å². The number of thiocarbonyl (C=S) groups is 1. The number of carbonyl (C=O) groups excluding carboxylic acids is 1. The molecule has 0 spiro atoms. The maximum absolute atomic E-state index is 13.0. The summed E-state index contributed by atoms with van der Waals surface area (Å²) in [6.45, 7) is 3.93. The molecule has 1 aromatic heterocycles. The van der Waals surface area contributed by atoms with Gasteiger partial charge in [-0.25, -0.2) is 0 Å². The minimum absolute atomic E-state index is 0.0515. The zero-order valence-electron chi connectivity index (χ0n) is 16.4. The highest BCUT2D eigenvalue weighted by atomic mass is 35.5. The van der Waals surface area contributed by atoms with E-state index in [-0.39, 0.29) is 16.6 Å². The fourth-order valence-corrected chi connectivity index (χ4v) is 4.70. The van der Waals surface area contributed by atoms with Crippen molar-refractivity contribution in [2.75, 3.05) is 4.90 Å². The molecule has 0 N–H and O–H groups in total. The monoisotopic (exact) mass is 470 g/mol. The van der Waals surface area contributed by atoms with Crippen LogP contribution in [0.1, 0.15) is 16.9 Å². The normalized spacial score (nSPS) is 15.2. The van der Waals surface area contributed by atoms with Crippen molar-refractivity contribution in [3.8, 4) is 11.3 Å². The summed E-state index contributed by atoms with van der Waals surface area (Å²) in [5.41, 5.74) is 3.13. The van der Waals surface area contributed by atoms with Crippen LogP contribution < -0.4 is 4.90 Å². The maximum atomic E-state index is 13.0. The Balaban J connectivity index is 1.63. The van der Waals surface area contributed by atoms with E-state index < -0.39 is 4.92 Å². The number of furan rings is 1. The molecular formula is C22H15ClN2O4S2. The summed E-state index contributed by atoms with van der Waals surface area (Å²) in [4.78, 5) is 25.5. The zero-order valence-corrected chi connectivity index (χ0v) is 18.8. The first kappa shape index (κ1) is 21.3. The number of rotatable bonds is 4. The molecule has 2 aromatic carbocycles. The Bertz CT molecular complexity index is 1280. The first-order chi connectivity index (χ1) is 14.7. The quantitative estimate of drug-likeness (QED) is 0.187. The molecule has 6 nitrogen and oxygen atoms in total. The van der Waals surface area contributed by atoms with E-state index in [1.807, 2.05) is 32.0 Å². The minimum atomic E-state index is -0.548. The second-order valence-corrected chi connectivity index (χ2v) is 9.02. The van der Waals surface area contributed by atoms with E-state index in [0.717, 1.165) is 16.8 Å². The SMILES string of the molecule is Cc1ccc(N2C(=O)/C(=C/c3ccc(-c4ccc(Cl)c([N+](=O)[O-])c4)o3)SC2=S)c(C)c1. The number of amides is 1. The summed E-state index contributed by atoms with van der Waals surface area (Å²) in [6, 6.07) is 13.6. The molecule has 9 heteroatoms. The number of anilines is 1. The number of benzene rings is 2. The van der Waals surface area contributed by atoms with E-state index in [0.29, 0.717) is 26.3 Å². The third-order valence-electron chi connectivity index (χ3n) is 4.71. The molecule has 0 bridgehead atoms. The van der Waals surface area contributed by atoms with Gasteiger partial charge >= 0.3 is 0 Å². The van der Waals surface area contributed by atoms with Crippen LogP contribution in [0, 0.1) is 24.0 Å². The van der Waals surface area contributed by atoms with Crippen molar-refractivity contribution in [1.29, 1.82) is 0 Å². The van der Waals surface area contributed by atoms with Crippen LogP contribution in [0.15, 0.2) is 57.9 Å². The fraction of sp³-hybridized carbons (Fsp3) is 0.0909. The summed E-state index contributed by atoms with van der Waals surface area (Å²) in [7, 11) is 0. The van der Waals surface area contributed by atoms with Crippen LogP contribution in [0.3, 0.4) is 0 Å². The third-order valence-corrected chi connectivity index (χ3v) is 6.34. The lowest BCUT2D eigenvalue weighted by molar-refractivity contribution is -0.384. The van der Waals surface area contributed by atoms with Gasteiger partial charge in [0.1, 0.15) is 16.5 Å². The van der Waals surface area contributed by atoms with E-state index in [4.69, 9.17) is 28.2 Å². The van der Waals surface area contributed by atoms with E-state index in [2.05, 4.69) is 0 Å². The highest BCUT2D eigenvalue weighted by Crippen LogP contribution is 2.38. The summed E-state index contributed by atoms with van der Waals surface area (Å²) in [5.74, 6) is 0.645. The Morgan fingerprint density at radius 3 is 2.65 bits per heavy atom. The van der Waals surface area contributed by atoms with Crippen molar-refractivity contribution in [1.82, 2.24) is 0 Å². The van der Waals surface area contributed by atoms with Crippen LogP contribution in [0.5, 0.6) is 0 Å². The average molecular weight is 471 g/mol. The van der Waals surface area contributed by atoms with Crippen LogP contribution in [0.25, 0.3) is 17.4 Å². The van der Waals surface area contributed by atoms with Gasteiger partial charge in [-0.3, -0.25) is 19.8 Å². The largest absolute Gasteiger partial charge is 0.457 e. The molecule has 0 saturated carbocycles. The van der Waals surface area contributed by atoms with Crippen LogP contribution in [0.4, 0.5) is 11.4 Å². The topological polar surface area (TPSA) is 76.6 Å². The summed E-state index contributed by atoms with van der Waals surface area (Å²) < 4.78 is 6.25. The predicted molar refractivity (Wildman–Crippen MR) is 127 cm³/mol. The molecular weight excluding hydrogens is 456 g/mol. The first-order valence-corrected chi connectivity index (χ1v) is 10.7. The maximum Gasteiger partial charge on any atom is 0.288 e. The van der Waals surface area contributed by atoms with Gasteiger partial charge in [-0.05, 0) is 49.7 Å². The highest BCUT2D eigenvalue weighted by molar-refractivity contribution is 8.27. The number of nitro groups is 1. The molecule has 1 fully saturated rings. The number of carbonyl (C=O) groups is 1. The Labute approximate surface area is 192 Å². The standard InChI is InChI=1S/C22H15ClN2O4S2/c1-12-3-7-17(13(2)9-12)24-21(26)20(31-22(24)30)11-15-5-8-19(29-15)14-4-6-16(23)18(10-14)25(27)28/h3-11H,1-2H3/b20-11-. The second kappa shape index (κ2) is 8.30. The molecule has 31 heavy (non-hydrogen) atoms. The molecule has 2 heterocycles. The third kappa shape index (κ3) is 4.14. The lowest BCUT2D eigenvalue weighted by Crippen LogP contribution is -2.28. The van der Waals surface area contributed by atoms with Gasteiger partial charge in [0.2, 0.25) is 0 Å². The Morgan fingerprint density at radius 2 is 1.94 bits per heavy atom. The number of nitrogens with zero attached hydrogens (tertiary/aromatic N) is 2. The van der Waals surface area contributed by atoms with Gasteiger partial charge in [0.25, 0.3) is 11.6 Å². The number of hydrogen-bond donors (Lipinski definition) is 0. The van der Waals surface area contributed by atoms with Crippen molar-refractivity contribution in [2.24, 2.45) is 0 Å². The number of aryl methyl sites for hydroxylation is 2. The molecule has 0 radical (unpaired) electrons. The molecule has 0 aliphatic carbocycles. The Kier molecular flexibility index (Phi) is 5.70. The van der Waals surface area contributed by atoms with Crippen LogP contribution in [0.2, 0.25) is 5.02 Å². The molecule has 3 aromatic rings. The fourth-order valence-electron chi connectivity index (χ4n) is 3.25. The molecule has 156 valence electrons. The first-order valence-electron chi connectivity index (χ1n) is 9.14. The smallest absolute Gasteiger partial charge is 0.288 e. The summed E-state index contributed by atoms with van der Waals surface area (Å²) >= 11 is 12.5. The van der Waals surface area contributed by atoms with Crippen LogP contribution in [-0.2, 0) is 4.79 Å². The van der Waals surface area contributed by atoms with Gasteiger partial charge in [0, 0.05) is 17.7 Å².